The molecule has 1 aliphatic heterocycles. The van der Waals surface area contributed by atoms with Crippen molar-refractivity contribution in [3.8, 4) is 0 Å². The summed E-state index contributed by atoms with van der Waals surface area (Å²) in [5, 5.41) is 2.92. The van der Waals surface area contributed by atoms with Gasteiger partial charge in [0.1, 0.15) is 6.04 Å². The summed E-state index contributed by atoms with van der Waals surface area (Å²) >= 11 is 1.58. The van der Waals surface area contributed by atoms with Crippen LogP contribution < -0.4 is 10.0 Å². The van der Waals surface area contributed by atoms with E-state index in [1.54, 1.807) is 30.0 Å². The summed E-state index contributed by atoms with van der Waals surface area (Å²) in [7, 11) is -1.63. The maximum absolute atomic E-state index is 12.9. The number of amides is 1. The maximum Gasteiger partial charge on any atom is 0.241 e. The molecule has 1 heterocycles. The third-order valence-electron chi connectivity index (χ3n) is 5.74. The number of rotatable bonds is 11. The number of hydrogen-bond donors (Lipinski definition) is 2. The van der Waals surface area contributed by atoms with E-state index in [0.717, 1.165) is 38.3 Å². The average molecular weight is 491 g/mol. The van der Waals surface area contributed by atoms with Gasteiger partial charge in [-0.05, 0) is 48.7 Å². The molecule has 2 N–H and O–H groups in total. The summed E-state index contributed by atoms with van der Waals surface area (Å²) in [6.45, 7) is 5.51. The van der Waals surface area contributed by atoms with Crippen LogP contribution in [0.3, 0.4) is 0 Å². The van der Waals surface area contributed by atoms with Crippen LogP contribution in [-0.4, -0.2) is 75.4 Å². The molecule has 3 rings (SSSR count). The van der Waals surface area contributed by atoms with Crippen LogP contribution in [0.4, 0.5) is 0 Å². The Morgan fingerprint density at radius 3 is 2.42 bits per heavy atom. The van der Waals surface area contributed by atoms with E-state index in [9.17, 15) is 13.2 Å². The van der Waals surface area contributed by atoms with E-state index >= 15 is 0 Å². The molecule has 7 nitrogen and oxygen atoms in total. The summed E-state index contributed by atoms with van der Waals surface area (Å²) in [5.74, 6) is 0.364. The van der Waals surface area contributed by atoms with Gasteiger partial charge in [-0.15, -0.1) is 0 Å². The van der Waals surface area contributed by atoms with Crippen LogP contribution in [0.5, 0.6) is 0 Å². The molecule has 0 aliphatic carbocycles. The van der Waals surface area contributed by atoms with E-state index in [1.165, 1.54) is 17.7 Å². The van der Waals surface area contributed by atoms with Crippen molar-refractivity contribution in [3.63, 3.8) is 0 Å². The van der Waals surface area contributed by atoms with Crippen molar-refractivity contribution >= 4 is 27.7 Å². The predicted octanol–water partition coefficient (Wildman–Crippen LogP) is 2.15. The van der Waals surface area contributed by atoms with Crippen molar-refractivity contribution in [3.05, 3.63) is 65.7 Å². The summed E-state index contributed by atoms with van der Waals surface area (Å²) in [6.07, 6.45) is 2.36. The van der Waals surface area contributed by atoms with Gasteiger partial charge in [-0.2, -0.15) is 16.5 Å². The maximum atomic E-state index is 12.9. The Balaban J connectivity index is 1.59. The summed E-state index contributed by atoms with van der Waals surface area (Å²) in [6, 6.07) is 15.5. The molecule has 180 valence electrons. The second-order valence-electron chi connectivity index (χ2n) is 8.39. The minimum Gasteiger partial charge on any atom is -0.351 e. The van der Waals surface area contributed by atoms with Crippen LogP contribution >= 0.6 is 11.8 Å². The molecular weight excluding hydrogens is 456 g/mol. The lowest BCUT2D eigenvalue weighted by Crippen LogP contribution is -2.46. The van der Waals surface area contributed by atoms with Gasteiger partial charge in [0.05, 0.1) is 4.90 Å². The largest absolute Gasteiger partial charge is 0.351 e. The first kappa shape index (κ1) is 25.7. The van der Waals surface area contributed by atoms with Crippen molar-refractivity contribution in [2.24, 2.45) is 0 Å². The first-order valence-corrected chi connectivity index (χ1v) is 14.1. The standard InChI is InChI=1S/C24H34N4O3S2/c1-27-12-14-28(15-13-27)19-21-8-6-7-20(17-21)18-25-24(29)23(11-16-32-2)26-33(30,31)22-9-4-3-5-10-22/h3-10,17,23,26H,11-16,18-19H2,1-2H3,(H,25,29). The molecule has 1 aliphatic rings. The van der Waals surface area contributed by atoms with Gasteiger partial charge in [0, 0.05) is 39.3 Å². The first-order chi connectivity index (χ1) is 15.9. The topological polar surface area (TPSA) is 81.7 Å². The van der Waals surface area contributed by atoms with E-state index in [-0.39, 0.29) is 10.8 Å². The van der Waals surface area contributed by atoms with Gasteiger partial charge in [-0.3, -0.25) is 9.69 Å². The van der Waals surface area contributed by atoms with Crippen molar-refractivity contribution in [1.29, 1.82) is 0 Å². The molecule has 0 radical (unpaired) electrons. The zero-order valence-corrected chi connectivity index (χ0v) is 21.0. The zero-order valence-electron chi connectivity index (χ0n) is 19.4. The normalized spacial score (nSPS) is 16.4. The van der Waals surface area contributed by atoms with Crippen molar-refractivity contribution in [2.45, 2.75) is 30.4 Å². The van der Waals surface area contributed by atoms with Gasteiger partial charge in [0.2, 0.25) is 15.9 Å². The van der Waals surface area contributed by atoms with Gasteiger partial charge >= 0.3 is 0 Å². The third kappa shape index (κ3) is 8.12. The fraction of sp³-hybridized carbons (Fsp3) is 0.458. The Morgan fingerprint density at radius 2 is 1.73 bits per heavy atom. The van der Waals surface area contributed by atoms with Crippen LogP contribution in [0.25, 0.3) is 0 Å². The average Bonchev–Trinajstić information content (AvgIpc) is 2.82. The molecule has 0 spiro atoms. The number of nitrogens with zero attached hydrogens (tertiary/aromatic N) is 2. The molecule has 33 heavy (non-hydrogen) atoms. The molecule has 1 saturated heterocycles. The second kappa shape index (κ2) is 12.5. The van der Waals surface area contributed by atoms with Crippen LogP contribution in [0.2, 0.25) is 0 Å². The van der Waals surface area contributed by atoms with Gasteiger partial charge in [-0.25, -0.2) is 8.42 Å². The van der Waals surface area contributed by atoms with E-state index in [0.29, 0.717) is 18.7 Å². The number of sulfonamides is 1. The molecule has 0 bridgehead atoms. The van der Waals surface area contributed by atoms with Crippen LogP contribution in [-0.2, 0) is 27.9 Å². The van der Waals surface area contributed by atoms with Crippen molar-refractivity contribution in [1.82, 2.24) is 19.8 Å². The Morgan fingerprint density at radius 1 is 1.03 bits per heavy atom. The summed E-state index contributed by atoms with van der Waals surface area (Å²) in [5.41, 5.74) is 2.22. The van der Waals surface area contributed by atoms with E-state index < -0.39 is 16.1 Å². The van der Waals surface area contributed by atoms with Crippen molar-refractivity contribution in [2.75, 3.05) is 45.2 Å². The number of carbonyl (C=O) groups is 1. The van der Waals surface area contributed by atoms with Gasteiger partial charge in [0.25, 0.3) is 0 Å². The van der Waals surface area contributed by atoms with Gasteiger partial charge in [-0.1, -0.05) is 42.5 Å². The summed E-state index contributed by atoms with van der Waals surface area (Å²) in [4.78, 5) is 17.8. The number of thioether (sulfide) groups is 1. The Kier molecular flexibility index (Phi) is 9.76. The quantitative estimate of drug-likeness (QED) is 0.502. The van der Waals surface area contributed by atoms with Crippen molar-refractivity contribution < 1.29 is 13.2 Å². The monoisotopic (exact) mass is 490 g/mol. The smallest absolute Gasteiger partial charge is 0.241 e. The van der Waals surface area contributed by atoms with Gasteiger partial charge in [0.15, 0.2) is 0 Å². The number of benzene rings is 2. The molecule has 2 aromatic rings. The molecule has 1 fully saturated rings. The highest BCUT2D eigenvalue weighted by Crippen LogP contribution is 2.13. The highest BCUT2D eigenvalue weighted by molar-refractivity contribution is 7.98. The number of piperazine rings is 1. The molecule has 9 heteroatoms. The second-order valence-corrected chi connectivity index (χ2v) is 11.1. The SMILES string of the molecule is CSCCC(NS(=O)(=O)c1ccccc1)C(=O)NCc1cccc(CN2CCN(C)CC2)c1. The molecule has 0 saturated carbocycles. The Bertz CT molecular complexity index is 994. The molecule has 0 aromatic heterocycles. The Labute approximate surface area is 202 Å². The molecular formula is C24H34N4O3S2. The molecule has 1 amide bonds. The fourth-order valence-corrected chi connectivity index (χ4v) is 5.47. The van der Waals surface area contributed by atoms with Crippen LogP contribution in [0.1, 0.15) is 17.5 Å². The number of hydrogen-bond acceptors (Lipinski definition) is 6. The fourth-order valence-electron chi connectivity index (χ4n) is 3.75. The predicted molar refractivity (Wildman–Crippen MR) is 135 cm³/mol. The number of nitrogens with one attached hydrogen (secondary N) is 2. The third-order valence-corrected chi connectivity index (χ3v) is 7.87. The lowest BCUT2D eigenvalue weighted by molar-refractivity contribution is -0.122. The lowest BCUT2D eigenvalue weighted by Gasteiger charge is -2.32. The lowest BCUT2D eigenvalue weighted by atomic mass is 10.1. The van der Waals surface area contributed by atoms with Gasteiger partial charge < -0.3 is 10.2 Å². The highest BCUT2D eigenvalue weighted by Gasteiger charge is 2.25. The summed E-state index contributed by atoms with van der Waals surface area (Å²) < 4.78 is 28.1. The van der Waals surface area contributed by atoms with E-state index in [2.05, 4.69) is 39.0 Å². The number of likely N-dealkylation sites (N-methyl/N-ethyl adjacent to an activating group) is 1. The first-order valence-electron chi connectivity index (χ1n) is 11.2. The molecule has 1 atom stereocenters. The zero-order chi connectivity index (χ0) is 23.7. The van der Waals surface area contributed by atoms with E-state index in [4.69, 9.17) is 0 Å². The van der Waals surface area contributed by atoms with Crippen LogP contribution in [0.15, 0.2) is 59.5 Å². The van der Waals surface area contributed by atoms with Crippen LogP contribution in [0, 0.1) is 0 Å². The highest BCUT2D eigenvalue weighted by atomic mass is 32.2. The number of carbonyl (C=O) groups excluding carboxylic acids is 1. The minimum absolute atomic E-state index is 0.156. The Hall–Kier alpha value is -1.91. The minimum atomic E-state index is -3.77. The molecule has 1 unspecified atom stereocenters. The van der Waals surface area contributed by atoms with E-state index in [1.807, 2.05) is 18.4 Å². The molecule has 2 aromatic carbocycles.